The summed E-state index contributed by atoms with van der Waals surface area (Å²) in [5.41, 5.74) is 1.19. The van der Waals surface area contributed by atoms with Gasteiger partial charge in [-0.2, -0.15) is 0 Å². The Morgan fingerprint density at radius 1 is 0.897 bits per heavy atom. The zero-order chi connectivity index (χ0) is 21.9. The Bertz CT molecular complexity index is 1190. The molecule has 2 aromatic rings. The van der Waals surface area contributed by atoms with Crippen LogP contribution in [0.2, 0.25) is 0 Å². The molecule has 2 rings (SSSR count). The molecule has 8 nitrogen and oxygen atoms in total. The third-order valence-electron chi connectivity index (χ3n) is 3.99. The first kappa shape index (κ1) is 23.5. The Morgan fingerprint density at radius 3 is 2.07 bits per heavy atom. The third-order valence-corrected chi connectivity index (χ3v) is 8.81. The van der Waals surface area contributed by atoms with Crippen LogP contribution in [0, 0.1) is 13.8 Å². The van der Waals surface area contributed by atoms with E-state index in [4.69, 9.17) is 4.74 Å². The van der Waals surface area contributed by atoms with Crippen LogP contribution in [0.5, 0.6) is 0 Å². The van der Waals surface area contributed by atoms with Crippen LogP contribution in [-0.2, 0) is 41.2 Å². The number of aryl methyl sites for hydroxylation is 1. The largest absolute Gasteiger partial charge is 0.376 e. The van der Waals surface area contributed by atoms with Gasteiger partial charge in [0.15, 0.2) is 9.84 Å². The Hall–Kier alpha value is -1.79. The molecule has 0 aliphatic rings. The first-order chi connectivity index (χ1) is 13.3. The van der Waals surface area contributed by atoms with Gasteiger partial charge in [0.25, 0.3) is 10.0 Å². The van der Waals surface area contributed by atoms with Gasteiger partial charge in [-0.3, -0.25) is 0 Å². The number of sulfonamides is 2. The van der Waals surface area contributed by atoms with Gasteiger partial charge in [0.2, 0.25) is 10.0 Å². The van der Waals surface area contributed by atoms with Gasteiger partial charge in [-0.05, 0) is 42.7 Å². The number of rotatable bonds is 9. The standard InChI is InChI=1S/C18H23NO7S3/c1-14-11-17(27(3,20)21)15(2)18(12-14)29(24,25)19-28(22,23)10-9-26-13-16-7-5-4-6-8-16/h4-8,11-12,19H,9-10,13H2,1-3H3. The van der Waals surface area contributed by atoms with E-state index in [-0.39, 0.29) is 23.7 Å². The van der Waals surface area contributed by atoms with Crippen LogP contribution in [0.4, 0.5) is 0 Å². The van der Waals surface area contributed by atoms with Gasteiger partial charge >= 0.3 is 0 Å². The molecule has 0 saturated heterocycles. The van der Waals surface area contributed by atoms with Gasteiger partial charge in [-0.1, -0.05) is 30.3 Å². The van der Waals surface area contributed by atoms with Gasteiger partial charge in [-0.25, -0.2) is 25.3 Å². The maximum atomic E-state index is 12.6. The Morgan fingerprint density at radius 2 is 1.48 bits per heavy atom. The number of hydrogen-bond acceptors (Lipinski definition) is 7. The highest BCUT2D eigenvalue weighted by atomic mass is 32.3. The van der Waals surface area contributed by atoms with Crippen LogP contribution >= 0.6 is 0 Å². The summed E-state index contributed by atoms with van der Waals surface area (Å²) in [5.74, 6) is -0.567. The van der Waals surface area contributed by atoms with E-state index in [0.717, 1.165) is 11.8 Å². The van der Waals surface area contributed by atoms with Crippen molar-refractivity contribution in [2.75, 3.05) is 18.6 Å². The van der Waals surface area contributed by atoms with E-state index >= 15 is 0 Å². The van der Waals surface area contributed by atoms with E-state index < -0.39 is 40.5 Å². The van der Waals surface area contributed by atoms with Crippen LogP contribution in [0.25, 0.3) is 0 Å². The quantitative estimate of drug-likeness (QED) is 0.562. The molecule has 0 atom stereocenters. The van der Waals surface area contributed by atoms with Crippen molar-refractivity contribution in [3.8, 4) is 0 Å². The molecule has 160 valence electrons. The fraction of sp³-hybridized carbons (Fsp3) is 0.333. The highest BCUT2D eigenvalue weighted by Crippen LogP contribution is 2.25. The second kappa shape index (κ2) is 8.92. The molecule has 11 heteroatoms. The second-order valence-corrected chi connectivity index (χ2v) is 12.3. The van der Waals surface area contributed by atoms with E-state index in [2.05, 4.69) is 0 Å². The lowest BCUT2D eigenvalue weighted by atomic mass is 10.2. The molecule has 0 aliphatic carbocycles. The van der Waals surface area contributed by atoms with Crippen LogP contribution in [0.1, 0.15) is 16.7 Å². The zero-order valence-electron chi connectivity index (χ0n) is 16.2. The summed E-state index contributed by atoms with van der Waals surface area (Å²) in [6.07, 6.45) is 0.958. The lowest BCUT2D eigenvalue weighted by Crippen LogP contribution is -2.34. The van der Waals surface area contributed by atoms with Crippen molar-refractivity contribution in [2.24, 2.45) is 0 Å². The average molecular weight is 462 g/mol. The molecule has 0 radical (unpaired) electrons. The summed E-state index contributed by atoms with van der Waals surface area (Å²) in [6, 6.07) is 11.7. The van der Waals surface area contributed by atoms with Crippen LogP contribution in [0.15, 0.2) is 52.3 Å². The predicted molar refractivity (Wildman–Crippen MR) is 109 cm³/mol. The van der Waals surface area contributed by atoms with Crippen LogP contribution in [0.3, 0.4) is 0 Å². The van der Waals surface area contributed by atoms with Gasteiger partial charge < -0.3 is 4.74 Å². The van der Waals surface area contributed by atoms with E-state index in [1.807, 2.05) is 30.3 Å². The predicted octanol–water partition coefficient (Wildman–Crippen LogP) is 1.53. The van der Waals surface area contributed by atoms with E-state index in [0.29, 0.717) is 5.56 Å². The van der Waals surface area contributed by atoms with E-state index in [1.165, 1.54) is 26.0 Å². The Labute approximate surface area is 171 Å². The fourth-order valence-electron chi connectivity index (χ4n) is 2.64. The fourth-order valence-corrected chi connectivity index (χ4v) is 7.00. The Balaban J connectivity index is 2.14. The van der Waals surface area contributed by atoms with Crippen molar-refractivity contribution in [1.29, 1.82) is 0 Å². The maximum Gasteiger partial charge on any atom is 0.253 e. The summed E-state index contributed by atoms with van der Waals surface area (Å²) < 4.78 is 80.5. The molecule has 0 unspecified atom stereocenters. The molecule has 0 saturated carbocycles. The number of hydrogen-bond donors (Lipinski definition) is 1. The van der Waals surface area contributed by atoms with E-state index in [1.54, 1.807) is 4.13 Å². The van der Waals surface area contributed by atoms with E-state index in [9.17, 15) is 25.3 Å². The minimum atomic E-state index is -4.50. The summed E-state index contributed by atoms with van der Waals surface area (Å²) in [6.45, 7) is 2.83. The van der Waals surface area contributed by atoms with Gasteiger partial charge in [0.05, 0.1) is 28.8 Å². The lowest BCUT2D eigenvalue weighted by molar-refractivity contribution is 0.135. The maximum absolute atomic E-state index is 12.6. The lowest BCUT2D eigenvalue weighted by Gasteiger charge is -2.14. The molecular formula is C18H23NO7S3. The first-order valence-corrected chi connectivity index (χ1v) is 13.5. The molecule has 29 heavy (non-hydrogen) atoms. The molecule has 0 aliphatic heterocycles. The van der Waals surface area contributed by atoms with Crippen molar-refractivity contribution in [1.82, 2.24) is 4.13 Å². The molecule has 0 spiro atoms. The van der Waals surface area contributed by atoms with Crippen molar-refractivity contribution in [2.45, 2.75) is 30.2 Å². The van der Waals surface area contributed by atoms with Crippen LogP contribution < -0.4 is 4.13 Å². The topological polar surface area (TPSA) is 124 Å². The molecule has 0 aromatic heterocycles. The first-order valence-electron chi connectivity index (χ1n) is 8.51. The highest BCUT2D eigenvalue weighted by molar-refractivity contribution is 8.04. The van der Waals surface area contributed by atoms with Gasteiger partial charge in [0.1, 0.15) is 0 Å². The van der Waals surface area contributed by atoms with Crippen molar-refractivity contribution < 1.29 is 30.0 Å². The minimum absolute atomic E-state index is 0.0406. The van der Waals surface area contributed by atoms with Crippen molar-refractivity contribution >= 4 is 29.9 Å². The van der Waals surface area contributed by atoms with Crippen LogP contribution in [-0.4, -0.2) is 43.9 Å². The third kappa shape index (κ3) is 6.61. The molecule has 1 N–H and O–H groups in total. The molecule has 0 heterocycles. The molecule has 2 aromatic carbocycles. The summed E-state index contributed by atoms with van der Waals surface area (Å²) >= 11 is 0. The minimum Gasteiger partial charge on any atom is -0.376 e. The summed E-state index contributed by atoms with van der Waals surface area (Å²) in [4.78, 5) is -0.562. The van der Waals surface area contributed by atoms with Crippen molar-refractivity contribution in [3.05, 3.63) is 59.2 Å². The smallest absolute Gasteiger partial charge is 0.253 e. The molecule has 0 bridgehead atoms. The highest BCUT2D eigenvalue weighted by Gasteiger charge is 2.27. The molecule has 0 fully saturated rings. The summed E-state index contributed by atoms with van der Waals surface area (Å²) in [5, 5.41) is 0. The van der Waals surface area contributed by atoms with Gasteiger partial charge in [0, 0.05) is 6.26 Å². The second-order valence-electron chi connectivity index (χ2n) is 6.60. The zero-order valence-corrected chi connectivity index (χ0v) is 18.7. The Kier molecular flexibility index (Phi) is 7.23. The van der Waals surface area contributed by atoms with Gasteiger partial charge in [-0.15, -0.1) is 4.13 Å². The van der Waals surface area contributed by atoms with Crippen molar-refractivity contribution in [3.63, 3.8) is 0 Å². The number of ether oxygens (including phenoxy) is 1. The summed E-state index contributed by atoms with van der Waals surface area (Å²) in [7, 11) is -12.4. The number of nitrogens with one attached hydrogen (secondary N) is 1. The molecule has 0 amide bonds. The number of sulfone groups is 1. The normalized spacial score (nSPS) is 12.8. The number of benzene rings is 2. The monoisotopic (exact) mass is 461 g/mol. The average Bonchev–Trinajstić information content (AvgIpc) is 2.59. The molecular weight excluding hydrogens is 438 g/mol. The SMILES string of the molecule is Cc1cc(S(C)(=O)=O)c(C)c(S(=O)(=O)NS(=O)(=O)CCOCc2ccccc2)c1.